The van der Waals surface area contributed by atoms with E-state index < -0.39 is 34.5 Å². The van der Waals surface area contributed by atoms with E-state index in [1.165, 1.54) is 6.07 Å². The van der Waals surface area contributed by atoms with Crippen LogP contribution in [-0.2, 0) is 22.3 Å². The molecule has 9 heteroatoms. The third-order valence-electron chi connectivity index (χ3n) is 4.22. The first kappa shape index (κ1) is 19.2. The summed E-state index contributed by atoms with van der Waals surface area (Å²) in [6, 6.07) is 6.66. The van der Waals surface area contributed by atoms with Gasteiger partial charge in [0.1, 0.15) is 0 Å². The van der Waals surface area contributed by atoms with Crippen molar-refractivity contribution in [2.24, 2.45) is 11.8 Å². The number of hydrogen-bond donors (Lipinski definition) is 2. The number of hydrogen-bond acceptors (Lipinski definition) is 3. The molecule has 1 aliphatic carbocycles. The third kappa shape index (κ3) is 4.77. The molecule has 0 saturated heterocycles. The summed E-state index contributed by atoms with van der Waals surface area (Å²) in [5.74, 6) is -1.80. The molecule has 2 N–H and O–H groups in total. The first-order valence-electron chi connectivity index (χ1n) is 8.10. The summed E-state index contributed by atoms with van der Waals surface area (Å²) in [5, 5.41) is 4.71. The first-order chi connectivity index (χ1) is 12.8. The second kappa shape index (κ2) is 7.56. The maximum Gasteiger partial charge on any atom is 0.417 e. The molecule has 1 aromatic heterocycles. The fourth-order valence-corrected chi connectivity index (χ4v) is 2.88. The second-order valence-electron chi connectivity index (χ2n) is 6.20. The summed E-state index contributed by atoms with van der Waals surface area (Å²) < 4.78 is 38.6. The lowest BCUT2D eigenvalue weighted by molar-refractivity contribution is -0.137. The van der Waals surface area contributed by atoms with Crippen molar-refractivity contribution in [2.45, 2.75) is 19.1 Å². The Labute approximate surface area is 157 Å². The molecule has 1 aromatic carbocycles. The molecule has 142 valence electrons. The highest BCUT2D eigenvalue weighted by atomic mass is 35.5. The Morgan fingerprint density at radius 2 is 1.78 bits per heavy atom. The normalized spacial score (nSPS) is 18.7. The standard InChI is InChI=1S/C18H15ClF3N3O2/c19-15-2-1-11(7-14(15)18(20,21)22)25-17(27)13-8-12(13)16(26)24-9-10-3-5-23-6-4-10/h1-7,12-13H,8-9H2,(H,24,26)(H,25,27). The van der Waals surface area contributed by atoms with Gasteiger partial charge in [-0.1, -0.05) is 11.6 Å². The van der Waals surface area contributed by atoms with E-state index in [9.17, 15) is 22.8 Å². The number of pyridine rings is 1. The molecular formula is C18H15ClF3N3O2. The molecule has 2 unspecified atom stereocenters. The van der Waals surface area contributed by atoms with E-state index in [-0.39, 0.29) is 11.6 Å². The van der Waals surface area contributed by atoms with Crippen LogP contribution in [0.3, 0.4) is 0 Å². The van der Waals surface area contributed by atoms with Gasteiger partial charge >= 0.3 is 6.18 Å². The molecule has 2 aromatic rings. The van der Waals surface area contributed by atoms with Crippen molar-refractivity contribution < 1.29 is 22.8 Å². The van der Waals surface area contributed by atoms with Crippen LogP contribution < -0.4 is 10.6 Å². The Morgan fingerprint density at radius 1 is 1.11 bits per heavy atom. The Kier molecular flexibility index (Phi) is 5.36. The molecule has 27 heavy (non-hydrogen) atoms. The lowest BCUT2D eigenvalue weighted by Gasteiger charge is -2.12. The average molecular weight is 398 g/mol. The average Bonchev–Trinajstić information content (AvgIpc) is 3.42. The number of aromatic nitrogens is 1. The molecule has 1 saturated carbocycles. The molecule has 0 bridgehead atoms. The molecular weight excluding hydrogens is 383 g/mol. The zero-order valence-corrected chi connectivity index (χ0v) is 14.6. The first-order valence-corrected chi connectivity index (χ1v) is 8.47. The Morgan fingerprint density at radius 3 is 2.44 bits per heavy atom. The van der Waals surface area contributed by atoms with E-state index in [2.05, 4.69) is 15.6 Å². The van der Waals surface area contributed by atoms with Crippen molar-refractivity contribution >= 4 is 29.1 Å². The van der Waals surface area contributed by atoms with Crippen molar-refractivity contribution in [1.29, 1.82) is 0 Å². The summed E-state index contributed by atoms with van der Waals surface area (Å²) in [7, 11) is 0. The molecule has 1 aliphatic rings. The monoisotopic (exact) mass is 397 g/mol. The van der Waals surface area contributed by atoms with E-state index in [4.69, 9.17) is 11.6 Å². The molecule has 1 heterocycles. The van der Waals surface area contributed by atoms with Gasteiger partial charge in [-0.3, -0.25) is 14.6 Å². The van der Waals surface area contributed by atoms with Crippen molar-refractivity contribution in [2.75, 3.05) is 5.32 Å². The number of alkyl halides is 3. The SMILES string of the molecule is O=C(NCc1ccncc1)C1CC1C(=O)Nc1ccc(Cl)c(C(F)(F)F)c1. The van der Waals surface area contributed by atoms with Gasteiger partial charge in [0.15, 0.2) is 0 Å². The fourth-order valence-electron chi connectivity index (χ4n) is 2.65. The Hall–Kier alpha value is -2.61. The highest BCUT2D eigenvalue weighted by Gasteiger charge is 2.48. The zero-order valence-electron chi connectivity index (χ0n) is 13.9. The summed E-state index contributed by atoms with van der Waals surface area (Å²) in [5.41, 5.74) is -0.162. The lowest BCUT2D eigenvalue weighted by atomic mass is 10.2. The quantitative estimate of drug-likeness (QED) is 0.809. The second-order valence-corrected chi connectivity index (χ2v) is 6.61. The lowest BCUT2D eigenvalue weighted by Crippen LogP contribution is -2.27. The van der Waals surface area contributed by atoms with Crippen LogP contribution in [0.2, 0.25) is 5.02 Å². The number of amides is 2. The van der Waals surface area contributed by atoms with Crippen LogP contribution >= 0.6 is 11.6 Å². The number of anilines is 1. The third-order valence-corrected chi connectivity index (χ3v) is 4.55. The van der Waals surface area contributed by atoms with Crippen molar-refractivity contribution in [1.82, 2.24) is 10.3 Å². The summed E-state index contributed by atoms with van der Waals surface area (Å²) in [6.07, 6.45) is -1.05. The van der Waals surface area contributed by atoms with Crippen molar-refractivity contribution in [3.8, 4) is 0 Å². The van der Waals surface area contributed by atoms with Crippen LogP contribution in [0.5, 0.6) is 0 Å². The van der Waals surface area contributed by atoms with E-state index in [0.29, 0.717) is 13.0 Å². The van der Waals surface area contributed by atoms with Crippen LogP contribution in [-0.4, -0.2) is 16.8 Å². The predicted molar refractivity (Wildman–Crippen MR) is 92.8 cm³/mol. The number of rotatable bonds is 5. The minimum Gasteiger partial charge on any atom is -0.352 e. The summed E-state index contributed by atoms with van der Waals surface area (Å²) in [4.78, 5) is 28.2. The van der Waals surface area contributed by atoms with Gasteiger partial charge in [0.2, 0.25) is 11.8 Å². The number of nitrogens with zero attached hydrogens (tertiary/aromatic N) is 1. The highest BCUT2D eigenvalue weighted by Crippen LogP contribution is 2.40. The number of nitrogens with one attached hydrogen (secondary N) is 2. The molecule has 0 radical (unpaired) electrons. The van der Waals surface area contributed by atoms with E-state index in [0.717, 1.165) is 17.7 Å². The minimum atomic E-state index is -4.62. The van der Waals surface area contributed by atoms with E-state index in [1.54, 1.807) is 24.5 Å². The largest absolute Gasteiger partial charge is 0.417 e. The predicted octanol–water partition coefficient (Wildman–Crippen LogP) is 3.64. The number of benzene rings is 1. The van der Waals surface area contributed by atoms with Gasteiger partial charge in [-0.15, -0.1) is 0 Å². The van der Waals surface area contributed by atoms with E-state index in [1.807, 2.05) is 0 Å². The smallest absolute Gasteiger partial charge is 0.352 e. The van der Waals surface area contributed by atoms with Crippen LogP contribution in [0.25, 0.3) is 0 Å². The number of carbonyl (C=O) groups excluding carboxylic acids is 2. The molecule has 2 amide bonds. The van der Waals surface area contributed by atoms with Crippen LogP contribution in [0.1, 0.15) is 17.5 Å². The van der Waals surface area contributed by atoms with Crippen molar-refractivity contribution in [3.63, 3.8) is 0 Å². The minimum absolute atomic E-state index is 0.0143. The Balaban J connectivity index is 1.55. The molecule has 0 spiro atoms. The van der Waals surface area contributed by atoms with Crippen LogP contribution in [0, 0.1) is 11.8 Å². The highest BCUT2D eigenvalue weighted by molar-refractivity contribution is 6.31. The molecule has 0 aliphatic heterocycles. The number of halogens is 4. The summed E-state index contributed by atoms with van der Waals surface area (Å²) in [6.45, 7) is 0.318. The van der Waals surface area contributed by atoms with Crippen molar-refractivity contribution in [3.05, 3.63) is 58.9 Å². The maximum absolute atomic E-state index is 12.9. The molecule has 2 atom stereocenters. The van der Waals surface area contributed by atoms with Crippen LogP contribution in [0.15, 0.2) is 42.7 Å². The van der Waals surface area contributed by atoms with Gasteiger partial charge in [-0.2, -0.15) is 13.2 Å². The molecule has 1 fully saturated rings. The van der Waals surface area contributed by atoms with Gasteiger partial charge in [0.05, 0.1) is 22.4 Å². The molecule has 3 rings (SSSR count). The van der Waals surface area contributed by atoms with Gasteiger partial charge in [-0.25, -0.2) is 0 Å². The molecule has 5 nitrogen and oxygen atoms in total. The zero-order chi connectivity index (χ0) is 19.6. The van der Waals surface area contributed by atoms with Gasteiger partial charge in [0, 0.05) is 24.6 Å². The number of carbonyl (C=O) groups is 2. The summed E-state index contributed by atoms with van der Waals surface area (Å²) >= 11 is 5.55. The topological polar surface area (TPSA) is 71.1 Å². The maximum atomic E-state index is 12.9. The van der Waals surface area contributed by atoms with Gasteiger partial charge < -0.3 is 10.6 Å². The Bertz CT molecular complexity index is 859. The van der Waals surface area contributed by atoms with E-state index >= 15 is 0 Å². The van der Waals surface area contributed by atoms with Crippen LogP contribution in [0.4, 0.5) is 18.9 Å². The van der Waals surface area contributed by atoms with Gasteiger partial charge in [0.25, 0.3) is 0 Å². The fraction of sp³-hybridized carbons (Fsp3) is 0.278. The van der Waals surface area contributed by atoms with Gasteiger partial charge in [-0.05, 0) is 42.3 Å².